The zero-order chi connectivity index (χ0) is 15.4. The molecule has 0 bridgehead atoms. The molecule has 0 saturated carbocycles. The maximum atomic E-state index is 12.3. The second-order valence-corrected chi connectivity index (χ2v) is 5.99. The van der Waals surface area contributed by atoms with E-state index in [1.165, 1.54) is 11.3 Å². The first-order valence-corrected chi connectivity index (χ1v) is 8.54. The molecule has 22 heavy (non-hydrogen) atoms. The quantitative estimate of drug-likeness (QED) is 0.742. The number of nitrogens with one attached hydrogen (secondary N) is 1. The van der Waals surface area contributed by atoms with Gasteiger partial charge in [0.2, 0.25) is 0 Å². The van der Waals surface area contributed by atoms with Crippen LogP contribution in [0.15, 0.2) is 53.1 Å². The SMILES string of the molecule is CSc1ccccc1NC(=O)c1csc(-c2cnccn2)n1. The fraction of sp³-hybridized carbons (Fsp3) is 0.0667. The third-order valence-corrected chi connectivity index (χ3v) is 4.53. The first kappa shape index (κ1) is 14.7. The molecule has 0 aliphatic carbocycles. The Morgan fingerprint density at radius 1 is 1.27 bits per heavy atom. The maximum absolute atomic E-state index is 12.3. The van der Waals surface area contributed by atoms with Crippen molar-refractivity contribution in [2.45, 2.75) is 4.90 Å². The molecule has 2 heterocycles. The minimum atomic E-state index is -0.229. The van der Waals surface area contributed by atoms with Crippen LogP contribution >= 0.6 is 23.1 Å². The molecule has 5 nitrogen and oxygen atoms in total. The van der Waals surface area contributed by atoms with Crippen molar-refractivity contribution in [2.24, 2.45) is 0 Å². The number of anilines is 1. The van der Waals surface area contributed by atoms with E-state index in [4.69, 9.17) is 0 Å². The van der Waals surface area contributed by atoms with E-state index >= 15 is 0 Å². The molecule has 0 atom stereocenters. The summed E-state index contributed by atoms with van der Waals surface area (Å²) in [5, 5.41) is 5.29. The summed E-state index contributed by atoms with van der Waals surface area (Å²) in [7, 11) is 0. The van der Waals surface area contributed by atoms with Crippen molar-refractivity contribution in [3.05, 3.63) is 53.9 Å². The average Bonchev–Trinajstić information content (AvgIpc) is 3.06. The predicted octanol–water partition coefficient (Wildman–Crippen LogP) is 3.57. The van der Waals surface area contributed by atoms with Crippen LogP contribution in [0.3, 0.4) is 0 Å². The Hall–Kier alpha value is -2.25. The van der Waals surface area contributed by atoms with Crippen molar-refractivity contribution >= 4 is 34.7 Å². The lowest BCUT2D eigenvalue weighted by atomic mass is 10.3. The first-order valence-electron chi connectivity index (χ1n) is 6.44. The summed E-state index contributed by atoms with van der Waals surface area (Å²) < 4.78 is 0. The van der Waals surface area contributed by atoms with Gasteiger partial charge in [0.15, 0.2) is 0 Å². The standard InChI is InChI=1S/C15H12N4OS2/c1-21-13-5-3-2-4-10(13)18-14(20)12-9-22-15(19-12)11-8-16-6-7-17-11/h2-9H,1H3,(H,18,20). The summed E-state index contributed by atoms with van der Waals surface area (Å²) in [6.07, 6.45) is 6.80. The molecule has 1 aromatic carbocycles. The fourth-order valence-corrected chi connectivity index (χ4v) is 3.15. The Balaban J connectivity index is 1.80. The molecule has 0 saturated heterocycles. The molecule has 1 amide bonds. The number of para-hydroxylation sites is 1. The Morgan fingerprint density at radius 2 is 2.14 bits per heavy atom. The number of nitrogens with zero attached hydrogens (tertiary/aromatic N) is 3. The number of aromatic nitrogens is 3. The van der Waals surface area contributed by atoms with Crippen molar-refractivity contribution in [2.75, 3.05) is 11.6 Å². The summed E-state index contributed by atoms with van der Waals surface area (Å²) in [6, 6.07) is 7.67. The highest BCUT2D eigenvalue weighted by molar-refractivity contribution is 7.98. The van der Waals surface area contributed by atoms with Crippen LogP contribution in [0.5, 0.6) is 0 Å². The third-order valence-electron chi connectivity index (χ3n) is 2.87. The van der Waals surface area contributed by atoms with Crippen molar-refractivity contribution in [1.82, 2.24) is 15.0 Å². The Morgan fingerprint density at radius 3 is 2.91 bits per heavy atom. The molecule has 1 N–H and O–H groups in total. The molecule has 0 spiro atoms. The van der Waals surface area contributed by atoms with Crippen LogP contribution < -0.4 is 5.32 Å². The van der Waals surface area contributed by atoms with Gasteiger partial charge in [-0.05, 0) is 18.4 Å². The summed E-state index contributed by atoms with van der Waals surface area (Å²) >= 11 is 2.96. The number of rotatable bonds is 4. The van der Waals surface area contributed by atoms with Crippen molar-refractivity contribution in [3.63, 3.8) is 0 Å². The Bertz CT molecular complexity index is 789. The van der Waals surface area contributed by atoms with Crippen LogP contribution in [-0.2, 0) is 0 Å². The smallest absolute Gasteiger partial charge is 0.275 e. The second kappa shape index (κ2) is 6.67. The molecule has 110 valence electrons. The van der Waals surface area contributed by atoms with Crippen LogP contribution in [0, 0.1) is 0 Å². The van der Waals surface area contributed by atoms with E-state index in [0.29, 0.717) is 16.4 Å². The number of benzene rings is 1. The van der Waals surface area contributed by atoms with Crippen molar-refractivity contribution in [3.8, 4) is 10.7 Å². The second-order valence-electron chi connectivity index (χ2n) is 4.28. The van der Waals surface area contributed by atoms with Crippen LogP contribution in [0.1, 0.15) is 10.5 Å². The van der Waals surface area contributed by atoms with E-state index in [-0.39, 0.29) is 5.91 Å². The molecular weight excluding hydrogens is 316 g/mol. The minimum Gasteiger partial charge on any atom is -0.320 e. The van der Waals surface area contributed by atoms with Gasteiger partial charge >= 0.3 is 0 Å². The monoisotopic (exact) mass is 328 g/mol. The number of thioether (sulfide) groups is 1. The predicted molar refractivity (Wildman–Crippen MR) is 89.3 cm³/mol. The van der Waals surface area contributed by atoms with Crippen LogP contribution in [0.25, 0.3) is 10.7 Å². The molecule has 0 unspecified atom stereocenters. The Kier molecular flexibility index (Phi) is 4.45. The highest BCUT2D eigenvalue weighted by Gasteiger charge is 2.14. The molecule has 0 aliphatic heterocycles. The van der Waals surface area contributed by atoms with Gasteiger partial charge in [0.05, 0.1) is 11.9 Å². The highest BCUT2D eigenvalue weighted by Crippen LogP contribution is 2.26. The Labute approximate surface area is 135 Å². The van der Waals surface area contributed by atoms with Gasteiger partial charge in [-0.2, -0.15) is 0 Å². The number of hydrogen-bond donors (Lipinski definition) is 1. The molecule has 0 aliphatic rings. The topological polar surface area (TPSA) is 67.8 Å². The number of carbonyl (C=O) groups is 1. The molecule has 7 heteroatoms. The number of amides is 1. The fourth-order valence-electron chi connectivity index (χ4n) is 1.84. The third kappa shape index (κ3) is 3.15. The van der Waals surface area contributed by atoms with E-state index in [1.807, 2.05) is 30.5 Å². The summed E-state index contributed by atoms with van der Waals surface area (Å²) in [5.41, 5.74) is 1.83. The lowest BCUT2D eigenvalue weighted by molar-refractivity contribution is 0.102. The molecule has 0 radical (unpaired) electrons. The molecule has 2 aromatic heterocycles. The van der Waals surface area contributed by atoms with Gasteiger partial charge in [0.1, 0.15) is 16.4 Å². The lowest BCUT2D eigenvalue weighted by Gasteiger charge is -2.07. The summed E-state index contributed by atoms with van der Waals surface area (Å²) in [5.74, 6) is -0.229. The zero-order valence-corrected chi connectivity index (χ0v) is 13.3. The maximum Gasteiger partial charge on any atom is 0.275 e. The van der Waals surface area contributed by atoms with E-state index in [9.17, 15) is 4.79 Å². The van der Waals surface area contributed by atoms with E-state index in [2.05, 4.69) is 20.3 Å². The van der Waals surface area contributed by atoms with Gasteiger partial charge in [-0.25, -0.2) is 4.98 Å². The minimum absolute atomic E-state index is 0.229. The largest absolute Gasteiger partial charge is 0.320 e. The van der Waals surface area contributed by atoms with Crippen molar-refractivity contribution in [1.29, 1.82) is 0 Å². The van der Waals surface area contributed by atoms with Gasteiger partial charge in [0.25, 0.3) is 5.91 Å². The zero-order valence-electron chi connectivity index (χ0n) is 11.7. The normalized spacial score (nSPS) is 10.4. The van der Waals surface area contributed by atoms with Gasteiger partial charge in [0, 0.05) is 22.7 Å². The molecule has 3 rings (SSSR count). The number of carbonyl (C=O) groups excluding carboxylic acids is 1. The molecule has 0 fully saturated rings. The van der Waals surface area contributed by atoms with E-state index < -0.39 is 0 Å². The molecular formula is C15H12N4OS2. The molecule has 3 aromatic rings. The van der Waals surface area contributed by atoms with Crippen LogP contribution in [0.2, 0.25) is 0 Å². The average molecular weight is 328 g/mol. The number of hydrogen-bond acceptors (Lipinski definition) is 6. The lowest BCUT2D eigenvalue weighted by Crippen LogP contribution is -2.12. The van der Waals surface area contributed by atoms with Gasteiger partial charge in [-0.3, -0.25) is 14.8 Å². The van der Waals surface area contributed by atoms with Gasteiger partial charge in [-0.15, -0.1) is 23.1 Å². The highest BCUT2D eigenvalue weighted by atomic mass is 32.2. The van der Waals surface area contributed by atoms with Gasteiger partial charge in [-0.1, -0.05) is 12.1 Å². The van der Waals surface area contributed by atoms with E-state index in [1.54, 1.807) is 35.7 Å². The summed E-state index contributed by atoms with van der Waals surface area (Å²) in [6.45, 7) is 0. The number of thiazole rings is 1. The van der Waals surface area contributed by atoms with Crippen LogP contribution in [0.4, 0.5) is 5.69 Å². The first-order chi connectivity index (χ1) is 10.8. The summed E-state index contributed by atoms with van der Waals surface area (Å²) in [4.78, 5) is 25.8. The van der Waals surface area contributed by atoms with E-state index in [0.717, 1.165) is 10.6 Å². The van der Waals surface area contributed by atoms with Crippen LogP contribution in [-0.4, -0.2) is 27.1 Å². The van der Waals surface area contributed by atoms with Gasteiger partial charge < -0.3 is 5.32 Å². The van der Waals surface area contributed by atoms with Crippen molar-refractivity contribution < 1.29 is 4.79 Å².